The number of benzene rings is 1. The number of hydrogen-bond donors (Lipinski definition) is 0. The summed E-state index contributed by atoms with van der Waals surface area (Å²) in [7, 11) is 0. The first kappa shape index (κ1) is 19.5. The molecule has 0 spiro atoms. The zero-order valence-electron chi connectivity index (χ0n) is 16.6. The van der Waals surface area contributed by atoms with Gasteiger partial charge in [0.2, 0.25) is 0 Å². The highest BCUT2D eigenvalue weighted by Gasteiger charge is 2.42. The van der Waals surface area contributed by atoms with Crippen molar-refractivity contribution >= 4 is 0 Å². The van der Waals surface area contributed by atoms with Crippen LogP contribution in [0.5, 0.6) is 0 Å². The maximum atomic E-state index is 6.74. The van der Waals surface area contributed by atoms with Crippen LogP contribution in [-0.4, -0.2) is 12.2 Å². The molecule has 1 aromatic rings. The van der Waals surface area contributed by atoms with Crippen LogP contribution in [-0.2, 0) is 11.2 Å². The smallest absolute Gasteiger partial charge is 0.0710 e. The number of ether oxygens (including phenoxy) is 1. The van der Waals surface area contributed by atoms with Crippen molar-refractivity contribution in [1.82, 2.24) is 0 Å². The van der Waals surface area contributed by atoms with Crippen LogP contribution in [0.15, 0.2) is 24.3 Å². The van der Waals surface area contributed by atoms with Gasteiger partial charge in [-0.05, 0) is 75.0 Å². The summed E-state index contributed by atoms with van der Waals surface area (Å²) in [6.07, 6.45) is 21.6. The van der Waals surface area contributed by atoms with Crippen LogP contribution in [0.1, 0.15) is 88.7 Å². The second-order valence-corrected chi connectivity index (χ2v) is 8.65. The van der Waals surface area contributed by atoms with E-state index in [1.807, 2.05) is 12.1 Å². The lowest BCUT2D eigenvalue weighted by Crippen LogP contribution is -2.46. The molecule has 0 N–H and O–H groups in total. The minimum absolute atomic E-state index is 0.105. The second kappa shape index (κ2) is 9.61. The van der Waals surface area contributed by atoms with Crippen molar-refractivity contribution in [3.63, 3.8) is 0 Å². The third kappa shape index (κ3) is 4.92. The van der Waals surface area contributed by atoms with Gasteiger partial charge in [-0.15, -0.1) is 6.42 Å². The average Bonchev–Trinajstić information content (AvgIpc) is 2.73. The van der Waals surface area contributed by atoms with Gasteiger partial charge >= 0.3 is 0 Å². The predicted octanol–water partition coefficient (Wildman–Crippen LogP) is 6.54. The number of aryl methyl sites for hydroxylation is 1. The van der Waals surface area contributed by atoms with Gasteiger partial charge in [0.25, 0.3) is 0 Å². The molecule has 0 atom stereocenters. The van der Waals surface area contributed by atoms with Crippen LogP contribution in [0.3, 0.4) is 0 Å². The summed E-state index contributed by atoms with van der Waals surface area (Å²) < 4.78 is 6.74. The third-order valence-corrected chi connectivity index (χ3v) is 6.98. The van der Waals surface area contributed by atoms with E-state index in [2.05, 4.69) is 25.0 Å². The molecule has 2 aliphatic rings. The first-order valence-corrected chi connectivity index (χ1v) is 10.9. The maximum Gasteiger partial charge on any atom is 0.0710 e. The van der Waals surface area contributed by atoms with E-state index >= 15 is 0 Å². The molecule has 0 amide bonds. The van der Waals surface area contributed by atoms with E-state index in [9.17, 15) is 0 Å². The van der Waals surface area contributed by atoms with Crippen molar-refractivity contribution in [2.45, 2.75) is 89.6 Å². The van der Waals surface area contributed by atoms with E-state index in [4.69, 9.17) is 11.2 Å². The summed E-state index contributed by atoms with van der Waals surface area (Å²) in [5, 5.41) is 0. The van der Waals surface area contributed by atoms with Gasteiger partial charge in [-0.3, -0.25) is 0 Å². The van der Waals surface area contributed by atoms with Crippen molar-refractivity contribution in [3.8, 4) is 12.3 Å². The Morgan fingerprint density at radius 1 is 0.923 bits per heavy atom. The van der Waals surface area contributed by atoms with Gasteiger partial charge < -0.3 is 4.74 Å². The molecule has 142 valence electrons. The topological polar surface area (TPSA) is 9.23 Å². The zero-order chi connectivity index (χ0) is 18.2. The Balaban J connectivity index is 1.55. The Kier molecular flexibility index (Phi) is 7.21. The number of hydrogen-bond acceptors (Lipinski definition) is 1. The molecule has 2 saturated carbocycles. The summed E-state index contributed by atoms with van der Waals surface area (Å²) in [5.41, 5.74) is 2.44. The number of rotatable bonds is 7. The lowest BCUT2D eigenvalue weighted by Gasteiger charge is -2.47. The van der Waals surface area contributed by atoms with Gasteiger partial charge in [-0.1, -0.05) is 56.6 Å². The SMILES string of the molecule is C#Cc1ccc(CCCOC(C)(C2CCCCC2)C2CCCCC2)cc1. The highest BCUT2D eigenvalue weighted by Crippen LogP contribution is 2.45. The normalized spacial score (nSPS) is 20.0. The largest absolute Gasteiger partial charge is 0.375 e. The molecule has 0 aliphatic heterocycles. The number of terminal acetylenes is 1. The molecule has 2 aliphatic carbocycles. The van der Waals surface area contributed by atoms with E-state index < -0.39 is 0 Å². The summed E-state index contributed by atoms with van der Waals surface area (Å²) in [4.78, 5) is 0. The first-order valence-electron chi connectivity index (χ1n) is 10.9. The van der Waals surface area contributed by atoms with Crippen molar-refractivity contribution in [2.24, 2.45) is 11.8 Å². The van der Waals surface area contributed by atoms with Crippen LogP contribution >= 0.6 is 0 Å². The van der Waals surface area contributed by atoms with Crippen molar-refractivity contribution < 1.29 is 4.74 Å². The lowest BCUT2D eigenvalue weighted by atomic mass is 9.67. The lowest BCUT2D eigenvalue weighted by molar-refractivity contribution is -0.130. The molecule has 0 bridgehead atoms. The molecular weight excluding hydrogens is 316 g/mol. The molecule has 0 heterocycles. The van der Waals surface area contributed by atoms with E-state index in [1.54, 1.807) is 0 Å². The predicted molar refractivity (Wildman–Crippen MR) is 110 cm³/mol. The van der Waals surface area contributed by atoms with E-state index in [0.717, 1.165) is 36.8 Å². The van der Waals surface area contributed by atoms with Gasteiger partial charge in [-0.2, -0.15) is 0 Å². The average molecular weight is 353 g/mol. The Labute approximate surface area is 160 Å². The Morgan fingerprint density at radius 3 is 1.96 bits per heavy atom. The third-order valence-electron chi connectivity index (χ3n) is 6.98. The quantitative estimate of drug-likeness (QED) is 0.400. The first-order chi connectivity index (χ1) is 12.7. The molecule has 0 unspecified atom stereocenters. The van der Waals surface area contributed by atoms with Gasteiger partial charge in [-0.25, -0.2) is 0 Å². The van der Waals surface area contributed by atoms with Crippen LogP contribution in [0.25, 0.3) is 0 Å². The highest BCUT2D eigenvalue weighted by molar-refractivity contribution is 5.34. The molecule has 2 fully saturated rings. The molecule has 1 heteroatoms. The fraction of sp³-hybridized carbons (Fsp3) is 0.680. The molecule has 1 aromatic carbocycles. The van der Waals surface area contributed by atoms with Crippen LogP contribution < -0.4 is 0 Å². The molecular formula is C25H36O. The second-order valence-electron chi connectivity index (χ2n) is 8.65. The minimum Gasteiger partial charge on any atom is -0.375 e. The summed E-state index contributed by atoms with van der Waals surface area (Å²) in [6.45, 7) is 3.35. The standard InChI is InChI=1S/C25H36O/c1-3-21-16-18-22(19-17-21)11-10-20-26-25(2,23-12-6-4-7-13-23)24-14-8-5-9-15-24/h1,16-19,23-24H,4-15,20H2,2H3. The van der Waals surface area contributed by atoms with E-state index in [-0.39, 0.29) is 5.60 Å². The molecule has 0 saturated heterocycles. The zero-order valence-corrected chi connectivity index (χ0v) is 16.6. The van der Waals surface area contributed by atoms with Crippen molar-refractivity contribution in [2.75, 3.05) is 6.61 Å². The Hall–Kier alpha value is -1.26. The van der Waals surface area contributed by atoms with Crippen LogP contribution in [0.2, 0.25) is 0 Å². The van der Waals surface area contributed by atoms with Gasteiger partial charge in [0.15, 0.2) is 0 Å². The van der Waals surface area contributed by atoms with Gasteiger partial charge in [0, 0.05) is 12.2 Å². The molecule has 3 rings (SSSR count). The fourth-order valence-electron chi connectivity index (χ4n) is 5.26. The summed E-state index contributed by atoms with van der Waals surface area (Å²) >= 11 is 0. The Bertz CT molecular complexity index is 549. The van der Waals surface area contributed by atoms with Crippen molar-refractivity contribution in [3.05, 3.63) is 35.4 Å². The molecule has 26 heavy (non-hydrogen) atoms. The minimum atomic E-state index is 0.105. The van der Waals surface area contributed by atoms with Gasteiger partial charge in [0.1, 0.15) is 0 Å². The maximum absolute atomic E-state index is 6.74. The van der Waals surface area contributed by atoms with Crippen molar-refractivity contribution in [1.29, 1.82) is 0 Å². The van der Waals surface area contributed by atoms with Crippen LogP contribution in [0, 0.1) is 24.2 Å². The highest BCUT2D eigenvalue weighted by atomic mass is 16.5. The molecule has 1 nitrogen and oxygen atoms in total. The summed E-state index contributed by atoms with van der Waals surface area (Å²) in [5.74, 6) is 4.23. The monoisotopic (exact) mass is 352 g/mol. The molecule has 0 aromatic heterocycles. The summed E-state index contributed by atoms with van der Waals surface area (Å²) in [6, 6.07) is 8.42. The molecule has 0 radical (unpaired) electrons. The Morgan fingerprint density at radius 2 is 1.46 bits per heavy atom. The van der Waals surface area contributed by atoms with Crippen LogP contribution in [0.4, 0.5) is 0 Å². The van der Waals surface area contributed by atoms with E-state index in [0.29, 0.717) is 0 Å². The van der Waals surface area contributed by atoms with Gasteiger partial charge in [0.05, 0.1) is 5.60 Å². The van der Waals surface area contributed by atoms with E-state index in [1.165, 1.54) is 69.8 Å². The fourth-order valence-corrected chi connectivity index (χ4v) is 5.26.